The van der Waals surface area contributed by atoms with E-state index in [1.54, 1.807) is 0 Å². The molecule has 3 fully saturated rings. The lowest BCUT2D eigenvalue weighted by Crippen LogP contribution is -2.60. The summed E-state index contributed by atoms with van der Waals surface area (Å²) in [6.45, 7) is 18.0. The molecule has 2 spiro atoms. The standard InChI is InChI=1S/C30H49NO4Si/c1-19-23(31(7)8)18-29-15-16-30(35-29)21(17-22(29)26(19)33-20(2)32)13-14-28(6)24(30)11-12-25(28)34-36(9,10)27(3,4)5/h13,17,19,23-26H,11-12,14-16,18H2,1-10H3/t19-,23?,24-,25+,26+,28+,29-,30-/m1/s1. The lowest BCUT2D eigenvalue weighted by Gasteiger charge is -2.57. The van der Waals surface area contributed by atoms with Crippen molar-refractivity contribution < 1.29 is 18.7 Å². The van der Waals surface area contributed by atoms with Gasteiger partial charge in [0.15, 0.2) is 8.32 Å². The molecular weight excluding hydrogens is 466 g/mol. The van der Waals surface area contributed by atoms with Crippen LogP contribution in [-0.4, -0.2) is 62.7 Å². The predicted molar refractivity (Wildman–Crippen MR) is 146 cm³/mol. The summed E-state index contributed by atoms with van der Waals surface area (Å²) >= 11 is 0. The molecule has 0 aromatic rings. The molecule has 2 saturated carbocycles. The van der Waals surface area contributed by atoms with Crippen LogP contribution in [0.2, 0.25) is 18.1 Å². The van der Waals surface area contributed by atoms with Crippen LogP contribution in [0.4, 0.5) is 0 Å². The summed E-state index contributed by atoms with van der Waals surface area (Å²) in [7, 11) is 2.42. The first-order valence-electron chi connectivity index (χ1n) is 14.2. The number of esters is 1. The Hall–Kier alpha value is -0.953. The van der Waals surface area contributed by atoms with E-state index < -0.39 is 8.32 Å². The second kappa shape index (κ2) is 8.27. The summed E-state index contributed by atoms with van der Waals surface area (Å²) in [5, 5.41) is 0.206. The summed E-state index contributed by atoms with van der Waals surface area (Å²) in [4.78, 5) is 14.5. The van der Waals surface area contributed by atoms with E-state index in [1.165, 1.54) is 18.1 Å². The molecule has 0 radical (unpaired) electrons. The Kier molecular flexibility index (Phi) is 6.12. The number of allylic oxidation sites excluding steroid dienone is 1. The van der Waals surface area contributed by atoms with Crippen LogP contribution >= 0.6 is 0 Å². The van der Waals surface area contributed by atoms with Crippen LogP contribution in [0.1, 0.15) is 80.1 Å². The molecule has 5 nitrogen and oxygen atoms in total. The van der Waals surface area contributed by atoms with E-state index in [1.807, 2.05) is 0 Å². The molecule has 6 heteroatoms. The first-order chi connectivity index (χ1) is 16.6. The van der Waals surface area contributed by atoms with Crippen molar-refractivity contribution in [1.82, 2.24) is 4.90 Å². The van der Waals surface area contributed by atoms with E-state index >= 15 is 0 Å². The summed E-state index contributed by atoms with van der Waals surface area (Å²) in [6, 6.07) is 0.306. The first kappa shape index (κ1) is 26.6. The van der Waals surface area contributed by atoms with Gasteiger partial charge in [0, 0.05) is 35.8 Å². The highest BCUT2D eigenvalue weighted by Crippen LogP contribution is 2.67. The van der Waals surface area contributed by atoms with Gasteiger partial charge in [-0.05, 0) is 76.3 Å². The number of carbonyl (C=O) groups excluding carboxylic acids is 1. The third-order valence-electron chi connectivity index (χ3n) is 11.3. The Labute approximate surface area is 220 Å². The zero-order valence-electron chi connectivity index (χ0n) is 24.4. The van der Waals surface area contributed by atoms with Crippen molar-refractivity contribution in [3.63, 3.8) is 0 Å². The van der Waals surface area contributed by atoms with Gasteiger partial charge in [0.2, 0.25) is 0 Å². The highest BCUT2D eigenvalue weighted by molar-refractivity contribution is 6.74. The minimum Gasteiger partial charge on any atom is -0.458 e. The molecule has 0 aromatic heterocycles. The van der Waals surface area contributed by atoms with Gasteiger partial charge in [-0.2, -0.15) is 0 Å². The molecule has 1 saturated heterocycles. The fourth-order valence-corrected chi connectivity index (χ4v) is 9.71. The molecule has 2 heterocycles. The van der Waals surface area contributed by atoms with Crippen molar-refractivity contribution >= 4 is 14.3 Å². The number of rotatable bonds is 4. The fraction of sp³-hybridized carbons (Fsp3) is 0.833. The van der Waals surface area contributed by atoms with Crippen molar-refractivity contribution in [3.8, 4) is 0 Å². The maximum atomic E-state index is 12.2. The molecule has 0 amide bonds. The number of ether oxygens (including phenoxy) is 2. The molecule has 8 atom stereocenters. The van der Waals surface area contributed by atoms with Crippen LogP contribution < -0.4 is 0 Å². The highest BCUT2D eigenvalue weighted by atomic mass is 28.4. The molecule has 2 aliphatic heterocycles. The van der Waals surface area contributed by atoms with Crippen LogP contribution in [0.3, 0.4) is 0 Å². The van der Waals surface area contributed by atoms with Gasteiger partial charge in [-0.25, -0.2) is 0 Å². The van der Waals surface area contributed by atoms with Crippen molar-refractivity contribution in [2.24, 2.45) is 17.3 Å². The number of hydrogen-bond acceptors (Lipinski definition) is 5. The Morgan fingerprint density at radius 3 is 2.50 bits per heavy atom. The first-order valence-corrected chi connectivity index (χ1v) is 17.1. The van der Waals surface area contributed by atoms with Gasteiger partial charge in [-0.3, -0.25) is 4.79 Å². The van der Waals surface area contributed by atoms with E-state index in [0.29, 0.717) is 12.0 Å². The van der Waals surface area contributed by atoms with E-state index in [0.717, 1.165) is 38.5 Å². The number of carbonyl (C=O) groups is 1. The average molecular weight is 516 g/mol. The number of fused-ring (bicyclic) bond motifs is 1. The monoisotopic (exact) mass is 515 g/mol. The molecule has 5 aliphatic rings. The lowest BCUT2D eigenvalue weighted by molar-refractivity contribution is -0.172. The topological polar surface area (TPSA) is 48.0 Å². The summed E-state index contributed by atoms with van der Waals surface area (Å²) < 4.78 is 20.6. The quantitative estimate of drug-likeness (QED) is 0.327. The predicted octanol–water partition coefficient (Wildman–Crippen LogP) is 6.25. The zero-order chi connectivity index (χ0) is 26.5. The van der Waals surface area contributed by atoms with E-state index in [-0.39, 0.29) is 45.8 Å². The second-order valence-corrected chi connectivity index (χ2v) is 19.3. The second-order valence-electron chi connectivity index (χ2n) is 14.6. The molecule has 5 rings (SSSR count). The van der Waals surface area contributed by atoms with Crippen LogP contribution in [0.25, 0.3) is 0 Å². The normalized spacial score (nSPS) is 43.9. The van der Waals surface area contributed by atoms with Crippen molar-refractivity contribution in [2.75, 3.05) is 14.1 Å². The fourth-order valence-electron chi connectivity index (χ4n) is 8.26. The lowest BCUT2D eigenvalue weighted by atomic mass is 9.60. The molecule has 3 aliphatic carbocycles. The van der Waals surface area contributed by atoms with Gasteiger partial charge < -0.3 is 18.8 Å². The Morgan fingerprint density at radius 2 is 1.89 bits per heavy atom. The van der Waals surface area contributed by atoms with Gasteiger partial charge in [-0.15, -0.1) is 0 Å². The summed E-state index contributed by atoms with van der Waals surface area (Å²) in [6.07, 6.45) is 11.3. The third-order valence-corrected chi connectivity index (χ3v) is 15.8. The van der Waals surface area contributed by atoms with Crippen LogP contribution in [0.15, 0.2) is 23.3 Å². The van der Waals surface area contributed by atoms with Gasteiger partial charge in [0.1, 0.15) is 6.10 Å². The summed E-state index contributed by atoms with van der Waals surface area (Å²) in [5.74, 6) is 0.478. The number of hydrogen-bond donors (Lipinski definition) is 0. The molecule has 36 heavy (non-hydrogen) atoms. The molecule has 0 N–H and O–H groups in total. The number of nitrogens with zero attached hydrogens (tertiary/aromatic N) is 1. The van der Waals surface area contributed by atoms with Gasteiger partial charge in [0.25, 0.3) is 0 Å². The largest absolute Gasteiger partial charge is 0.458 e. The molecule has 1 unspecified atom stereocenters. The average Bonchev–Trinajstić information content (AvgIpc) is 3.24. The van der Waals surface area contributed by atoms with Crippen LogP contribution in [-0.2, 0) is 18.7 Å². The van der Waals surface area contributed by atoms with E-state index in [2.05, 4.69) is 78.9 Å². The SMILES string of the molecule is CC(=O)O[C@@H]1C2=CC3=CC[C@]4(C)[C@@H](O[Si](C)(C)C(C)(C)C)CC[C@H]4[C@@]34CC[C@]2(CC(N(C)C)[C@H]1C)O4. The summed E-state index contributed by atoms with van der Waals surface area (Å²) in [5.41, 5.74) is 2.07. The van der Waals surface area contributed by atoms with Crippen molar-refractivity contribution in [1.29, 1.82) is 0 Å². The molecular formula is C30H49NO4Si. The van der Waals surface area contributed by atoms with Crippen LogP contribution in [0, 0.1) is 17.3 Å². The molecule has 2 bridgehead atoms. The zero-order valence-corrected chi connectivity index (χ0v) is 25.4. The van der Waals surface area contributed by atoms with Gasteiger partial charge in [-0.1, -0.05) is 46.8 Å². The smallest absolute Gasteiger partial charge is 0.303 e. The van der Waals surface area contributed by atoms with Gasteiger partial charge >= 0.3 is 5.97 Å². The van der Waals surface area contributed by atoms with E-state index in [4.69, 9.17) is 13.9 Å². The Bertz CT molecular complexity index is 995. The minimum atomic E-state index is -1.87. The minimum absolute atomic E-state index is 0.0914. The van der Waals surface area contributed by atoms with Crippen LogP contribution in [0.5, 0.6) is 0 Å². The Balaban J connectivity index is 1.54. The highest BCUT2D eigenvalue weighted by Gasteiger charge is 2.69. The maximum Gasteiger partial charge on any atom is 0.303 e. The molecule has 202 valence electrons. The Morgan fingerprint density at radius 1 is 1.19 bits per heavy atom. The maximum absolute atomic E-state index is 12.2. The van der Waals surface area contributed by atoms with E-state index in [9.17, 15) is 4.79 Å². The molecule has 0 aromatic carbocycles. The van der Waals surface area contributed by atoms with Gasteiger partial charge in [0.05, 0.1) is 17.3 Å². The van der Waals surface area contributed by atoms with Crippen molar-refractivity contribution in [2.45, 2.75) is 128 Å². The third kappa shape index (κ3) is 3.68. The van der Waals surface area contributed by atoms with Crippen molar-refractivity contribution in [3.05, 3.63) is 23.3 Å².